The Kier molecular flexibility index (Phi) is 4.63. The first kappa shape index (κ1) is 15.2. The van der Waals surface area contributed by atoms with Gasteiger partial charge in [0, 0.05) is 12.6 Å². The summed E-state index contributed by atoms with van der Waals surface area (Å²) in [4.78, 5) is 4.57. The standard InChI is InChI=1S/C17H16N4OS/c1-18-17-19-15(12-6-4-3-5-7-12)16(23-17)21-20-13-8-10-14(22-2)11-9-13/h3-11H,1-2H3,(H,18,19). The highest BCUT2D eigenvalue weighted by atomic mass is 32.1. The number of benzene rings is 2. The molecule has 0 bridgehead atoms. The van der Waals surface area contributed by atoms with E-state index >= 15 is 0 Å². The molecule has 0 unspecified atom stereocenters. The van der Waals surface area contributed by atoms with Crippen molar-refractivity contribution >= 4 is 27.2 Å². The van der Waals surface area contributed by atoms with Crippen molar-refractivity contribution in [1.82, 2.24) is 4.98 Å². The van der Waals surface area contributed by atoms with Crippen LogP contribution in [-0.2, 0) is 0 Å². The van der Waals surface area contributed by atoms with Crippen LogP contribution in [0.5, 0.6) is 5.75 Å². The number of nitrogens with zero attached hydrogens (tertiary/aromatic N) is 3. The van der Waals surface area contributed by atoms with E-state index < -0.39 is 0 Å². The first-order valence-corrected chi connectivity index (χ1v) is 7.91. The third-order valence-electron chi connectivity index (χ3n) is 3.20. The molecule has 0 atom stereocenters. The third-order valence-corrected chi connectivity index (χ3v) is 4.16. The van der Waals surface area contributed by atoms with Gasteiger partial charge in [0.1, 0.15) is 11.4 Å². The van der Waals surface area contributed by atoms with Crippen LogP contribution in [0.4, 0.5) is 15.8 Å². The van der Waals surface area contributed by atoms with Gasteiger partial charge in [-0.05, 0) is 24.3 Å². The largest absolute Gasteiger partial charge is 0.497 e. The van der Waals surface area contributed by atoms with Gasteiger partial charge in [0.2, 0.25) is 0 Å². The minimum Gasteiger partial charge on any atom is -0.497 e. The van der Waals surface area contributed by atoms with Crippen molar-refractivity contribution in [3.8, 4) is 17.0 Å². The smallest absolute Gasteiger partial charge is 0.185 e. The molecule has 23 heavy (non-hydrogen) atoms. The highest BCUT2D eigenvalue weighted by Crippen LogP contribution is 2.38. The number of rotatable bonds is 5. The fraction of sp³-hybridized carbons (Fsp3) is 0.118. The second kappa shape index (κ2) is 7.02. The Morgan fingerprint density at radius 3 is 2.39 bits per heavy atom. The molecule has 0 fully saturated rings. The summed E-state index contributed by atoms with van der Waals surface area (Å²) in [7, 11) is 3.48. The molecule has 0 aliphatic heterocycles. The molecule has 1 N–H and O–H groups in total. The lowest BCUT2D eigenvalue weighted by atomic mass is 10.2. The molecule has 6 heteroatoms. The summed E-state index contributed by atoms with van der Waals surface area (Å²) >= 11 is 1.47. The maximum atomic E-state index is 5.14. The molecule has 0 spiro atoms. The van der Waals surface area contributed by atoms with Gasteiger partial charge >= 0.3 is 0 Å². The zero-order chi connectivity index (χ0) is 16.1. The fourth-order valence-electron chi connectivity index (χ4n) is 2.02. The van der Waals surface area contributed by atoms with Gasteiger partial charge in [-0.2, -0.15) is 0 Å². The number of hydrogen-bond acceptors (Lipinski definition) is 6. The number of nitrogens with one attached hydrogen (secondary N) is 1. The summed E-state index contributed by atoms with van der Waals surface area (Å²) in [5.41, 5.74) is 2.62. The van der Waals surface area contributed by atoms with Gasteiger partial charge < -0.3 is 10.1 Å². The number of azo groups is 1. The first-order valence-electron chi connectivity index (χ1n) is 7.10. The van der Waals surface area contributed by atoms with Crippen molar-refractivity contribution in [1.29, 1.82) is 0 Å². The summed E-state index contributed by atoms with van der Waals surface area (Å²) in [5, 5.41) is 13.3. The second-order valence-corrected chi connectivity index (χ2v) is 5.66. The molecule has 116 valence electrons. The lowest BCUT2D eigenvalue weighted by molar-refractivity contribution is 0.415. The fourth-order valence-corrected chi connectivity index (χ4v) is 2.79. The van der Waals surface area contributed by atoms with E-state index in [-0.39, 0.29) is 0 Å². The molecule has 0 aliphatic carbocycles. The molecule has 3 aromatic rings. The van der Waals surface area contributed by atoms with Crippen LogP contribution in [0.25, 0.3) is 11.3 Å². The average molecular weight is 324 g/mol. The van der Waals surface area contributed by atoms with Crippen molar-refractivity contribution in [2.24, 2.45) is 10.2 Å². The van der Waals surface area contributed by atoms with Crippen molar-refractivity contribution in [3.63, 3.8) is 0 Å². The Balaban J connectivity index is 1.92. The van der Waals surface area contributed by atoms with Crippen LogP contribution in [-0.4, -0.2) is 19.1 Å². The molecule has 0 aliphatic rings. The maximum Gasteiger partial charge on any atom is 0.185 e. The monoisotopic (exact) mass is 324 g/mol. The van der Waals surface area contributed by atoms with Crippen molar-refractivity contribution in [2.75, 3.05) is 19.5 Å². The Morgan fingerprint density at radius 2 is 1.74 bits per heavy atom. The topological polar surface area (TPSA) is 58.9 Å². The molecule has 1 heterocycles. The molecular formula is C17H16N4OS. The number of thiazole rings is 1. The number of methoxy groups -OCH3 is 1. The van der Waals surface area contributed by atoms with Crippen molar-refractivity contribution < 1.29 is 4.74 Å². The van der Waals surface area contributed by atoms with Gasteiger partial charge in [-0.3, -0.25) is 0 Å². The van der Waals surface area contributed by atoms with E-state index in [9.17, 15) is 0 Å². The minimum atomic E-state index is 0.768. The third kappa shape index (κ3) is 3.54. The van der Waals surface area contributed by atoms with Gasteiger partial charge in [-0.1, -0.05) is 41.7 Å². The van der Waals surface area contributed by atoms with Crippen LogP contribution < -0.4 is 10.1 Å². The molecule has 0 amide bonds. The van der Waals surface area contributed by atoms with Crippen LogP contribution in [0.15, 0.2) is 64.8 Å². The van der Waals surface area contributed by atoms with Crippen LogP contribution in [0, 0.1) is 0 Å². The number of anilines is 1. The van der Waals surface area contributed by atoms with E-state index in [0.29, 0.717) is 0 Å². The molecule has 0 saturated heterocycles. The minimum absolute atomic E-state index is 0.768. The normalized spacial score (nSPS) is 10.9. The van der Waals surface area contributed by atoms with E-state index in [2.05, 4.69) is 20.5 Å². The second-order valence-electron chi connectivity index (χ2n) is 4.69. The molecule has 1 aromatic heterocycles. The van der Waals surface area contributed by atoms with E-state index in [1.54, 1.807) is 7.11 Å². The summed E-state index contributed by atoms with van der Waals surface area (Å²) in [6.45, 7) is 0. The maximum absolute atomic E-state index is 5.14. The SMILES string of the molecule is CNc1nc(-c2ccccc2)c(N=Nc2ccc(OC)cc2)s1. The van der Waals surface area contributed by atoms with E-state index in [1.165, 1.54) is 11.3 Å². The van der Waals surface area contributed by atoms with Crippen LogP contribution in [0.1, 0.15) is 0 Å². The van der Waals surface area contributed by atoms with Gasteiger partial charge in [0.25, 0.3) is 0 Å². The predicted octanol–water partition coefficient (Wildman–Crippen LogP) is 5.28. The first-order chi connectivity index (χ1) is 11.3. The molecular weight excluding hydrogens is 308 g/mol. The van der Waals surface area contributed by atoms with Crippen molar-refractivity contribution in [3.05, 3.63) is 54.6 Å². The molecule has 0 saturated carbocycles. The van der Waals surface area contributed by atoms with Gasteiger partial charge in [-0.15, -0.1) is 10.2 Å². The Labute approximate surface area is 138 Å². The predicted molar refractivity (Wildman–Crippen MR) is 94.3 cm³/mol. The van der Waals surface area contributed by atoms with E-state index in [4.69, 9.17) is 4.74 Å². The average Bonchev–Trinajstić information content (AvgIpc) is 3.04. The summed E-state index contributed by atoms with van der Waals surface area (Å²) in [6.07, 6.45) is 0. The highest BCUT2D eigenvalue weighted by Gasteiger charge is 2.12. The summed E-state index contributed by atoms with van der Waals surface area (Å²) < 4.78 is 5.14. The zero-order valence-corrected chi connectivity index (χ0v) is 13.7. The van der Waals surface area contributed by atoms with Crippen molar-refractivity contribution in [2.45, 2.75) is 0 Å². The Hall–Kier alpha value is -2.73. The lowest BCUT2D eigenvalue weighted by Gasteiger charge is -1.99. The Morgan fingerprint density at radius 1 is 1.00 bits per heavy atom. The van der Waals surface area contributed by atoms with Crippen LogP contribution in [0.2, 0.25) is 0 Å². The highest BCUT2D eigenvalue weighted by molar-refractivity contribution is 7.19. The zero-order valence-electron chi connectivity index (χ0n) is 12.9. The Bertz CT molecular complexity index is 797. The quantitative estimate of drug-likeness (QED) is 0.650. The molecule has 2 aromatic carbocycles. The molecule has 5 nitrogen and oxygen atoms in total. The van der Waals surface area contributed by atoms with Gasteiger partial charge in [0.15, 0.2) is 10.1 Å². The number of ether oxygens (including phenoxy) is 1. The van der Waals surface area contributed by atoms with E-state index in [1.807, 2.05) is 61.6 Å². The van der Waals surface area contributed by atoms with Crippen LogP contribution in [0.3, 0.4) is 0 Å². The van der Waals surface area contributed by atoms with Crippen LogP contribution >= 0.6 is 11.3 Å². The number of aromatic nitrogens is 1. The van der Waals surface area contributed by atoms with Gasteiger partial charge in [0.05, 0.1) is 12.8 Å². The lowest BCUT2D eigenvalue weighted by Crippen LogP contribution is -1.85. The number of hydrogen-bond donors (Lipinski definition) is 1. The summed E-state index contributed by atoms with van der Waals surface area (Å²) in [6, 6.07) is 17.4. The summed E-state index contributed by atoms with van der Waals surface area (Å²) in [5.74, 6) is 0.796. The van der Waals surface area contributed by atoms with E-state index in [0.717, 1.165) is 32.8 Å². The molecule has 3 rings (SSSR count). The molecule has 0 radical (unpaired) electrons. The van der Waals surface area contributed by atoms with Gasteiger partial charge in [-0.25, -0.2) is 4.98 Å².